The maximum Gasteiger partial charge on any atom is 0.290 e. The van der Waals surface area contributed by atoms with Gasteiger partial charge in [0.05, 0.1) is 0 Å². The van der Waals surface area contributed by atoms with Crippen molar-refractivity contribution in [2.45, 2.75) is 0 Å². The van der Waals surface area contributed by atoms with E-state index in [9.17, 15) is 4.79 Å². The first-order chi connectivity index (χ1) is 4.84. The Labute approximate surface area is 62.6 Å². The average molecular weight is 160 g/mol. The van der Waals surface area contributed by atoms with E-state index in [4.69, 9.17) is 16.3 Å². The molecule has 0 fully saturated rings. The first kappa shape index (κ1) is 7.15. The number of hydrogen-bond donors (Lipinski definition) is 1. The van der Waals surface area contributed by atoms with Crippen molar-refractivity contribution in [2.75, 3.05) is 6.07 Å². The zero-order valence-electron chi connectivity index (χ0n) is 5.13. The van der Waals surface area contributed by atoms with Crippen molar-refractivity contribution in [2.24, 2.45) is 0 Å². The molecule has 3 nitrogen and oxygen atoms in total. The molecule has 54 valence electrons. The van der Waals surface area contributed by atoms with E-state index < -0.39 is 0 Å². The molecular formula is C6H6ClNO2. The molecule has 0 aliphatic carbocycles. The third-order valence-corrected chi connectivity index (χ3v) is 1.10. The van der Waals surface area contributed by atoms with Gasteiger partial charge >= 0.3 is 0 Å². The number of halogens is 1. The SMILES string of the molecule is O=c1[nH]cccc1OCCl. The summed E-state index contributed by atoms with van der Waals surface area (Å²) in [4.78, 5) is 13.2. The maximum atomic E-state index is 10.8. The Morgan fingerprint density at radius 1 is 1.70 bits per heavy atom. The largest absolute Gasteiger partial charge is 0.472 e. The molecule has 1 aromatic heterocycles. The van der Waals surface area contributed by atoms with Crippen molar-refractivity contribution >= 4 is 11.6 Å². The van der Waals surface area contributed by atoms with Crippen LogP contribution in [0.15, 0.2) is 23.1 Å². The van der Waals surface area contributed by atoms with Gasteiger partial charge in [0.25, 0.3) is 5.56 Å². The fourth-order valence-electron chi connectivity index (χ4n) is 0.579. The summed E-state index contributed by atoms with van der Waals surface area (Å²) in [5.74, 6) is 0.248. The van der Waals surface area contributed by atoms with Crippen molar-refractivity contribution in [3.8, 4) is 5.75 Å². The van der Waals surface area contributed by atoms with Gasteiger partial charge in [-0.05, 0) is 12.1 Å². The van der Waals surface area contributed by atoms with Crippen LogP contribution in [0.2, 0.25) is 0 Å². The lowest BCUT2D eigenvalue weighted by Crippen LogP contribution is -2.08. The van der Waals surface area contributed by atoms with Crippen LogP contribution in [0.5, 0.6) is 5.75 Å². The summed E-state index contributed by atoms with van der Waals surface area (Å²) in [6, 6.07) is 3.22. The molecule has 0 unspecified atom stereocenters. The van der Waals surface area contributed by atoms with Crippen LogP contribution in [0.1, 0.15) is 0 Å². The second kappa shape index (κ2) is 3.27. The lowest BCUT2D eigenvalue weighted by atomic mass is 10.5. The Hall–Kier alpha value is -0.960. The number of rotatable bonds is 2. The lowest BCUT2D eigenvalue weighted by Gasteiger charge is -1.96. The Balaban J connectivity index is 2.92. The van der Waals surface area contributed by atoms with E-state index in [-0.39, 0.29) is 17.4 Å². The van der Waals surface area contributed by atoms with E-state index in [0.717, 1.165) is 0 Å². The number of hydrogen-bond acceptors (Lipinski definition) is 2. The van der Waals surface area contributed by atoms with Gasteiger partial charge in [0.1, 0.15) is 0 Å². The molecule has 0 aliphatic rings. The quantitative estimate of drug-likeness (QED) is 0.653. The van der Waals surface area contributed by atoms with Gasteiger partial charge in [0, 0.05) is 6.20 Å². The van der Waals surface area contributed by atoms with Crippen LogP contribution in [-0.4, -0.2) is 11.1 Å². The van der Waals surface area contributed by atoms with Gasteiger partial charge < -0.3 is 9.72 Å². The van der Waals surface area contributed by atoms with Crippen molar-refractivity contribution in [1.29, 1.82) is 0 Å². The molecule has 1 aromatic rings. The fourth-order valence-corrected chi connectivity index (χ4v) is 0.696. The van der Waals surface area contributed by atoms with E-state index in [2.05, 4.69) is 4.98 Å². The minimum Gasteiger partial charge on any atom is -0.472 e. The van der Waals surface area contributed by atoms with Gasteiger partial charge in [-0.1, -0.05) is 11.6 Å². The number of ether oxygens (including phenoxy) is 1. The molecule has 0 saturated heterocycles. The molecule has 1 heterocycles. The molecule has 0 aromatic carbocycles. The molecule has 0 saturated carbocycles. The summed E-state index contributed by atoms with van der Waals surface area (Å²) in [5.41, 5.74) is -0.261. The zero-order valence-corrected chi connectivity index (χ0v) is 5.89. The smallest absolute Gasteiger partial charge is 0.290 e. The highest BCUT2D eigenvalue weighted by molar-refractivity contribution is 6.17. The Bertz CT molecular complexity index is 258. The Morgan fingerprint density at radius 3 is 3.10 bits per heavy atom. The number of nitrogens with one attached hydrogen (secondary N) is 1. The summed E-state index contributed by atoms with van der Waals surface area (Å²) < 4.78 is 4.76. The van der Waals surface area contributed by atoms with Crippen LogP contribution >= 0.6 is 11.6 Å². The van der Waals surface area contributed by atoms with Crippen molar-refractivity contribution < 1.29 is 4.74 Å². The summed E-state index contributed by atoms with van der Waals surface area (Å²) >= 11 is 5.23. The Kier molecular flexibility index (Phi) is 2.34. The number of pyridine rings is 1. The number of aromatic nitrogens is 1. The summed E-state index contributed by atoms with van der Waals surface area (Å²) in [6.45, 7) is 0. The van der Waals surface area contributed by atoms with Gasteiger partial charge in [0.15, 0.2) is 11.8 Å². The lowest BCUT2D eigenvalue weighted by molar-refractivity contribution is 0.382. The summed E-state index contributed by atoms with van der Waals surface area (Å²) in [7, 11) is 0. The minimum atomic E-state index is -0.261. The molecule has 0 spiro atoms. The third-order valence-electron chi connectivity index (χ3n) is 0.992. The first-order valence-corrected chi connectivity index (χ1v) is 3.24. The summed E-state index contributed by atoms with van der Waals surface area (Å²) in [6.07, 6.45) is 1.53. The fraction of sp³-hybridized carbons (Fsp3) is 0.167. The monoisotopic (exact) mass is 159 g/mol. The van der Waals surface area contributed by atoms with Gasteiger partial charge in [0.2, 0.25) is 0 Å². The molecular weight excluding hydrogens is 154 g/mol. The van der Waals surface area contributed by atoms with Crippen LogP contribution in [0.4, 0.5) is 0 Å². The van der Waals surface area contributed by atoms with E-state index in [1.54, 1.807) is 12.1 Å². The first-order valence-electron chi connectivity index (χ1n) is 2.71. The highest BCUT2D eigenvalue weighted by atomic mass is 35.5. The standard InChI is InChI=1S/C6H6ClNO2/c7-4-10-5-2-1-3-8-6(5)9/h1-3H,4H2,(H,8,9). The van der Waals surface area contributed by atoms with Crippen LogP contribution in [-0.2, 0) is 0 Å². The number of aromatic amines is 1. The second-order valence-electron chi connectivity index (χ2n) is 1.62. The van der Waals surface area contributed by atoms with Gasteiger partial charge in [-0.15, -0.1) is 0 Å². The van der Waals surface area contributed by atoms with E-state index >= 15 is 0 Å². The molecule has 0 atom stereocenters. The van der Waals surface area contributed by atoms with Crippen LogP contribution in [0.25, 0.3) is 0 Å². The molecule has 0 amide bonds. The zero-order chi connectivity index (χ0) is 7.40. The maximum absolute atomic E-state index is 10.8. The molecule has 0 radical (unpaired) electrons. The van der Waals surface area contributed by atoms with Crippen LogP contribution in [0.3, 0.4) is 0 Å². The predicted octanol–water partition coefficient (Wildman–Crippen LogP) is 0.950. The van der Waals surface area contributed by atoms with Gasteiger partial charge in [-0.3, -0.25) is 4.79 Å². The topological polar surface area (TPSA) is 42.1 Å². The summed E-state index contributed by atoms with van der Waals surface area (Å²) in [5, 5.41) is 0. The van der Waals surface area contributed by atoms with Crippen LogP contribution < -0.4 is 10.3 Å². The third kappa shape index (κ3) is 1.51. The van der Waals surface area contributed by atoms with Crippen LogP contribution in [0, 0.1) is 0 Å². The van der Waals surface area contributed by atoms with Gasteiger partial charge in [-0.25, -0.2) is 0 Å². The highest BCUT2D eigenvalue weighted by Gasteiger charge is 1.94. The predicted molar refractivity (Wildman–Crippen MR) is 38.4 cm³/mol. The van der Waals surface area contributed by atoms with Crippen molar-refractivity contribution in [3.05, 3.63) is 28.7 Å². The molecule has 4 heteroatoms. The normalized spacial score (nSPS) is 9.30. The van der Waals surface area contributed by atoms with E-state index in [0.29, 0.717) is 0 Å². The number of H-pyrrole nitrogens is 1. The Morgan fingerprint density at radius 2 is 2.50 bits per heavy atom. The van der Waals surface area contributed by atoms with Gasteiger partial charge in [-0.2, -0.15) is 0 Å². The van der Waals surface area contributed by atoms with Crippen molar-refractivity contribution in [3.63, 3.8) is 0 Å². The molecule has 1 rings (SSSR count). The highest BCUT2D eigenvalue weighted by Crippen LogP contribution is 1.99. The molecule has 1 N–H and O–H groups in total. The molecule has 10 heavy (non-hydrogen) atoms. The second-order valence-corrected chi connectivity index (χ2v) is 1.84. The number of alkyl halides is 1. The van der Waals surface area contributed by atoms with Crippen molar-refractivity contribution in [1.82, 2.24) is 4.98 Å². The molecule has 0 aliphatic heterocycles. The minimum absolute atomic E-state index is 0.00685. The van der Waals surface area contributed by atoms with E-state index in [1.807, 2.05) is 0 Å². The average Bonchev–Trinajstić information content (AvgIpc) is 1.94. The van der Waals surface area contributed by atoms with E-state index in [1.165, 1.54) is 6.20 Å². The molecule has 0 bridgehead atoms.